The number of H-pyrrole nitrogens is 1. The van der Waals surface area contributed by atoms with Crippen molar-refractivity contribution in [3.63, 3.8) is 0 Å². The van der Waals surface area contributed by atoms with Gasteiger partial charge in [0, 0.05) is 17.1 Å². The molecule has 0 saturated heterocycles. The Bertz CT molecular complexity index is 517. The average Bonchev–Trinajstić information content (AvgIpc) is 2.62. The van der Waals surface area contributed by atoms with Gasteiger partial charge in [0.1, 0.15) is 0 Å². The van der Waals surface area contributed by atoms with E-state index in [1.807, 2.05) is 0 Å². The van der Waals surface area contributed by atoms with Crippen molar-refractivity contribution in [1.29, 1.82) is 0 Å². The van der Waals surface area contributed by atoms with Gasteiger partial charge in [0.15, 0.2) is 0 Å². The van der Waals surface area contributed by atoms with Crippen LogP contribution in [-0.2, 0) is 5.41 Å². The van der Waals surface area contributed by atoms with Crippen molar-refractivity contribution in [3.8, 4) is 0 Å². The summed E-state index contributed by atoms with van der Waals surface area (Å²) < 4.78 is 0. The molecule has 1 heteroatoms. The van der Waals surface area contributed by atoms with E-state index in [0.29, 0.717) is 0 Å². The molecule has 0 saturated carbocycles. The van der Waals surface area contributed by atoms with Crippen LogP contribution in [0.1, 0.15) is 43.9 Å². The molecule has 0 amide bonds. The summed E-state index contributed by atoms with van der Waals surface area (Å²) in [4.78, 5) is 3.42. The standard InChI is InChI=1S/C15H21N/c1-6-15(4,5)13-9-16-14-11(3)7-10(2)8-12(13)14/h7-9,16H,6H2,1-5H3. The molecular formula is C15H21N. The van der Waals surface area contributed by atoms with E-state index in [2.05, 4.69) is 57.9 Å². The largest absolute Gasteiger partial charge is 0.361 e. The highest BCUT2D eigenvalue weighted by molar-refractivity contribution is 5.87. The molecule has 0 aliphatic rings. The molecule has 86 valence electrons. The first kappa shape index (κ1) is 11.3. The molecular weight excluding hydrogens is 194 g/mol. The van der Waals surface area contributed by atoms with Crippen molar-refractivity contribution in [1.82, 2.24) is 4.98 Å². The van der Waals surface area contributed by atoms with Crippen LogP contribution in [0.15, 0.2) is 18.3 Å². The number of fused-ring (bicyclic) bond motifs is 1. The minimum Gasteiger partial charge on any atom is -0.361 e. The lowest BCUT2D eigenvalue weighted by molar-refractivity contribution is 0.510. The maximum Gasteiger partial charge on any atom is 0.0486 e. The van der Waals surface area contributed by atoms with Crippen molar-refractivity contribution in [2.75, 3.05) is 0 Å². The zero-order valence-electron chi connectivity index (χ0n) is 10.9. The Labute approximate surface area is 97.9 Å². The number of rotatable bonds is 2. The minimum absolute atomic E-state index is 0.248. The number of hydrogen-bond donors (Lipinski definition) is 1. The second kappa shape index (κ2) is 3.65. The zero-order valence-corrected chi connectivity index (χ0v) is 10.9. The molecule has 1 nitrogen and oxygen atoms in total. The third kappa shape index (κ3) is 1.64. The third-order valence-corrected chi connectivity index (χ3v) is 3.74. The number of aryl methyl sites for hydroxylation is 2. The summed E-state index contributed by atoms with van der Waals surface area (Å²) in [5.74, 6) is 0. The van der Waals surface area contributed by atoms with Crippen molar-refractivity contribution in [2.24, 2.45) is 0 Å². The lowest BCUT2D eigenvalue weighted by Crippen LogP contribution is -2.14. The lowest BCUT2D eigenvalue weighted by atomic mass is 9.82. The Kier molecular flexibility index (Phi) is 2.57. The molecule has 0 fully saturated rings. The molecule has 1 aromatic heterocycles. The molecule has 2 aromatic rings. The molecule has 0 aliphatic heterocycles. The summed E-state index contributed by atoms with van der Waals surface area (Å²) in [6.07, 6.45) is 3.34. The highest BCUT2D eigenvalue weighted by atomic mass is 14.7. The molecule has 1 heterocycles. The molecule has 0 spiro atoms. The van der Waals surface area contributed by atoms with E-state index in [-0.39, 0.29) is 5.41 Å². The Morgan fingerprint density at radius 3 is 2.50 bits per heavy atom. The summed E-state index contributed by atoms with van der Waals surface area (Å²) in [7, 11) is 0. The van der Waals surface area contributed by atoms with Crippen LogP contribution in [0.4, 0.5) is 0 Å². The van der Waals surface area contributed by atoms with Crippen LogP contribution in [0, 0.1) is 13.8 Å². The first-order valence-electron chi connectivity index (χ1n) is 6.04. The van der Waals surface area contributed by atoms with Gasteiger partial charge in [-0.25, -0.2) is 0 Å². The van der Waals surface area contributed by atoms with E-state index < -0.39 is 0 Å². The highest BCUT2D eigenvalue weighted by Gasteiger charge is 2.22. The van der Waals surface area contributed by atoms with Crippen LogP contribution in [0.2, 0.25) is 0 Å². The van der Waals surface area contributed by atoms with Crippen molar-refractivity contribution < 1.29 is 0 Å². The van der Waals surface area contributed by atoms with E-state index in [0.717, 1.165) is 6.42 Å². The van der Waals surface area contributed by atoms with Crippen LogP contribution in [0.25, 0.3) is 10.9 Å². The van der Waals surface area contributed by atoms with Gasteiger partial charge in [-0.15, -0.1) is 0 Å². The molecule has 16 heavy (non-hydrogen) atoms. The fraction of sp³-hybridized carbons (Fsp3) is 0.467. The Hall–Kier alpha value is -1.24. The van der Waals surface area contributed by atoms with Crippen LogP contribution in [-0.4, -0.2) is 4.98 Å². The molecule has 1 aromatic carbocycles. The highest BCUT2D eigenvalue weighted by Crippen LogP contribution is 2.34. The summed E-state index contributed by atoms with van der Waals surface area (Å²) in [5.41, 5.74) is 5.67. The van der Waals surface area contributed by atoms with Gasteiger partial charge in [0.05, 0.1) is 0 Å². The number of aromatic nitrogens is 1. The van der Waals surface area contributed by atoms with Gasteiger partial charge in [0.2, 0.25) is 0 Å². The minimum atomic E-state index is 0.248. The maximum atomic E-state index is 3.42. The van der Waals surface area contributed by atoms with Crippen molar-refractivity contribution in [3.05, 3.63) is 35.0 Å². The van der Waals surface area contributed by atoms with Crippen molar-refractivity contribution >= 4 is 10.9 Å². The molecule has 2 rings (SSSR count). The molecule has 0 aliphatic carbocycles. The van der Waals surface area contributed by atoms with Crippen LogP contribution >= 0.6 is 0 Å². The van der Waals surface area contributed by atoms with Gasteiger partial charge >= 0.3 is 0 Å². The average molecular weight is 215 g/mol. The predicted molar refractivity (Wildman–Crippen MR) is 71.1 cm³/mol. The molecule has 0 atom stereocenters. The van der Waals surface area contributed by atoms with E-state index in [4.69, 9.17) is 0 Å². The van der Waals surface area contributed by atoms with Gasteiger partial charge in [-0.1, -0.05) is 32.4 Å². The number of nitrogens with one attached hydrogen (secondary N) is 1. The van der Waals surface area contributed by atoms with Crippen molar-refractivity contribution in [2.45, 2.75) is 46.5 Å². The topological polar surface area (TPSA) is 15.8 Å². The fourth-order valence-electron chi connectivity index (χ4n) is 2.34. The quantitative estimate of drug-likeness (QED) is 0.760. The van der Waals surface area contributed by atoms with E-state index in [1.54, 1.807) is 0 Å². The number of hydrogen-bond acceptors (Lipinski definition) is 0. The normalized spacial score (nSPS) is 12.3. The Morgan fingerprint density at radius 2 is 1.88 bits per heavy atom. The van der Waals surface area contributed by atoms with Gasteiger partial charge < -0.3 is 4.98 Å². The van der Waals surface area contributed by atoms with Crippen LogP contribution < -0.4 is 0 Å². The summed E-state index contributed by atoms with van der Waals surface area (Å²) in [6.45, 7) is 11.2. The van der Waals surface area contributed by atoms with E-state index >= 15 is 0 Å². The molecule has 0 unspecified atom stereocenters. The third-order valence-electron chi connectivity index (χ3n) is 3.74. The second-order valence-corrected chi connectivity index (χ2v) is 5.44. The van der Waals surface area contributed by atoms with Crippen LogP contribution in [0.5, 0.6) is 0 Å². The van der Waals surface area contributed by atoms with Gasteiger partial charge in [-0.3, -0.25) is 0 Å². The summed E-state index contributed by atoms with van der Waals surface area (Å²) in [6, 6.07) is 4.53. The first-order valence-corrected chi connectivity index (χ1v) is 6.04. The number of aromatic amines is 1. The monoisotopic (exact) mass is 215 g/mol. The smallest absolute Gasteiger partial charge is 0.0486 e. The van der Waals surface area contributed by atoms with Crippen LogP contribution in [0.3, 0.4) is 0 Å². The molecule has 1 N–H and O–H groups in total. The van der Waals surface area contributed by atoms with Gasteiger partial charge in [0.25, 0.3) is 0 Å². The van der Waals surface area contributed by atoms with Gasteiger partial charge in [-0.05, 0) is 42.9 Å². The zero-order chi connectivity index (χ0) is 11.9. The van der Waals surface area contributed by atoms with E-state index in [1.165, 1.54) is 27.6 Å². The first-order chi connectivity index (χ1) is 7.45. The Morgan fingerprint density at radius 1 is 1.19 bits per heavy atom. The predicted octanol–water partition coefficient (Wildman–Crippen LogP) is 4.47. The Balaban J connectivity index is 2.74. The SMILES string of the molecule is CCC(C)(C)c1c[nH]c2c(C)cc(C)cc12. The number of benzene rings is 1. The summed E-state index contributed by atoms with van der Waals surface area (Å²) in [5, 5.41) is 1.39. The van der Waals surface area contributed by atoms with E-state index in [9.17, 15) is 0 Å². The summed E-state index contributed by atoms with van der Waals surface area (Å²) >= 11 is 0. The lowest BCUT2D eigenvalue weighted by Gasteiger charge is -2.22. The second-order valence-electron chi connectivity index (χ2n) is 5.44. The maximum absolute atomic E-state index is 3.42. The fourth-order valence-corrected chi connectivity index (χ4v) is 2.34. The molecule has 0 bridgehead atoms. The molecule has 0 radical (unpaired) electrons. The van der Waals surface area contributed by atoms with Gasteiger partial charge in [-0.2, -0.15) is 0 Å².